The van der Waals surface area contributed by atoms with Gasteiger partial charge in [-0.25, -0.2) is 4.98 Å². The van der Waals surface area contributed by atoms with Gasteiger partial charge in [-0.1, -0.05) is 56.3 Å². The minimum atomic E-state index is -0.124. The molecule has 1 amide bonds. The van der Waals surface area contributed by atoms with Crippen LogP contribution in [0.5, 0.6) is 0 Å². The molecule has 6 nitrogen and oxygen atoms in total. The molecule has 0 fully saturated rings. The van der Waals surface area contributed by atoms with Crippen molar-refractivity contribution in [1.29, 1.82) is 10.5 Å². The van der Waals surface area contributed by atoms with Crippen LogP contribution in [0.4, 0.5) is 11.5 Å². The van der Waals surface area contributed by atoms with Crippen LogP contribution in [0.3, 0.4) is 0 Å². The summed E-state index contributed by atoms with van der Waals surface area (Å²) >= 11 is 1.28. The minimum absolute atomic E-state index is 0.0753. The van der Waals surface area contributed by atoms with Crippen LogP contribution in [0.1, 0.15) is 48.4 Å². The van der Waals surface area contributed by atoms with Crippen molar-refractivity contribution >= 4 is 29.2 Å². The second kappa shape index (κ2) is 10.7. The summed E-state index contributed by atoms with van der Waals surface area (Å²) < 4.78 is 0. The number of hydrogen-bond acceptors (Lipinski definition) is 6. The van der Waals surface area contributed by atoms with E-state index >= 15 is 0 Å². The number of anilines is 2. The lowest BCUT2D eigenvalue weighted by Crippen LogP contribution is -2.13. The van der Waals surface area contributed by atoms with E-state index in [4.69, 9.17) is 5.73 Å². The topological polar surface area (TPSA) is 116 Å². The third-order valence-electron chi connectivity index (χ3n) is 5.27. The second-order valence-electron chi connectivity index (χ2n) is 7.89. The number of nitrogens with one attached hydrogen (secondary N) is 1. The highest BCUT2D eigenvalue weighted by molar-refractivity contribution is 7.99. The van der Waals surface area contributed by atoms with Crippen LogP contribution < -0.4 is 11.1 Å². The number of nitriles is 2. The molecular formula is C26H25N5OS. The lowest BCUT2D eigenvalue weighted by atomic mass is 9.94. The number of carbonyl (C=O) groups is 1. The van der Waals surface area contributed by atoms with Crippen LogP contribution in [0, 0.1) is 29.6 Å². The number of pyridine rings is 1. The van der Waals surface area contributed by atoms with Crippen molar-refractivity contribution in [3.63, 3.8) is 0 Å². The van der Waals surface area contributed by atoms with Crippen molar-refractivity contribution in [3.05, 3.63) is 70.8 Å². The van der Waals surface area contributed by atoms with Crippen molar-refractivity contribution in [1.82, 2.24) is 4.98 Å². The van der Waals surface area contributed by atoms with Gasteiger partial charge in [0.2, 0.25) is 5.91 Å². The minimum Gasteiger partial charge on any atom is -0.383 e. The molecule has 0 atom stereocenters. The summed E-state index contributed by atoms with van der Waals surface area (Å²) in [5.41, 5.74) is 10.7. The number of benzene rings is 2. The first-order valence-corrected chi connectivity index (χ1v) is 11.6. The maximum absolute atomic E-state index is 12.4. The number of nitrogen functional groups attached to an aromatic ring is 1. The number of aromatic nitrogens is 1. The number of carbonyl (C=O) groups excluding carboxylic acids is 1. The van der Waals surface area contributed by atoms with Gasteiger partial charge < -0.3 is 11.1 Å². The number of nitrogens with zero attached hydrogens (tertiary/aromatic N) is 3. The molecule has 3 aromatic rings. The zero-order valence-corrected chi connectivity index (χ0v) is 19.7. The monoisotopic (exact) mass is 455 g/mol. The van der Waals surface area contributed by atoms with Gasteiger partial charge in [-0.05, 0) is 35.6 Å². The van der Waals surface area contributed by atoms with E-state index in [9.17, 15) is 15.3 Å². The predicted molar refractivity (Wildman–Crippen MR) is 133 cm³/mol. The molecule has 166 valence electrons. The first-order valence-electron chi connectivity index (χ1n) is 10.6. The van der Waals surface area contributed by atoms with Crippen molar-refractivity contribution < 1.29 is 4.79 Å². The number of rotatable bonds is 7. The van der Waals surface area contributed by atoms with Crippen molar-refractivity contribution in [3.8, 4) is 23.3 Å². The Morgan fingerprint density at radius 3 is 2.36 bits per heavy atom. The van der Waals surface area contributed by atoms with Crippen LogP contribution >= 0.6 is 11.8 Å². The molecule has 0 saturated heterocycles. The van der Waals surface area contributed by atoms with Gasteiger partial charge in [-0.15, -0.1) is 11.8 Å². The molecule has 3 rings (SSSR count). The molecule has 1 heterocycles. The number of aryl methyl sites for hydroxylation is 1. The molecule has 0 aliphatic carbocycles. The highest BCUT2D eigenvalue weighted by Crippen LogP contribution is 2.36. The Hall–Kier alpha value is -3.81. The van der Waals surface area contributed by atoms with Crippen molar-refractivity contribution in [2.24, 2.45) is 0 Å². The van der Waals surface area contributed by atoms with E-state index in [1.165, 1.54) is 11.8 Å². The molecule has 0 saturated carbocycles. The Morgan fingerprint density at radius 2 is 1.76 bits per heavy atom. The van der Waals surface area contributed by atoms with Gasteiger partial charge in [0.1, 0.15) is 28.5 Å². The Morgan fingerprint density at radius 1 is 1.09 bits per heavy atom. The molecule has 0 bridgehead atoms. The van der Waals surface area contributed by atoms with Gasteiger partial charge in [-0.3, -0.25) is 4.79 Å². The van der Waals surface area contributed by atoms with Crippen LogP contribution in [-0.2, 0) is 4.79 Å². The molecule has 1 aromatic heterocycles. The number of para-hydroxylation sites is 1. The molecular weight excluding hydrogens is 430 g/mol. The van der Waals surface area contributed by atoms with E-state index in [0.717, 1.165) is 22.4 Å². The third kappa shape index (κ3) is 5.52. The molecule has 7 heteroatoms. The largest absolute Gasteiger partial charge is 0.383 e. The predicted octanol–water partition coefficient (Wildman–Crippen LogP) is 5.63. The van der Waals surface area contributed by atoms with Crippen LogP contribution in [0.25, 0.3) is 11.1 Å². The second-order valence-corrected chi connectivity index (χ2v) is 8.97. The summed E-state index contributed by atoms with van der Waals surface area (Å²) in [6.45, 7) is 6.14. The Bertz CT molecular complexity index is 1250. The Labute approximate surface area is 198 Å². The zero-order valence-electron chi connectivity index (χ0n) is 18.8. The highest BCUT2D eigenvalue weighted by Gasteiger charge is 2.21. The number of nitrogens with two attached hydrogens (primary N) is 1. The summed E-state index contributed by atoms with van der Waals surface area (Å²) in [6.07, 6.45) is 0.240. The van der Waals surface area contributed by atoms with E-state index in [2.05, 4.69) is 36.3 Å². The van der Waals surface area contributed by atoms with Gasteiger partial charge in [0.25, 0.3) is 0 Å². The quantitative estimate of drug-likeness (QED) is 0.446. The Balaban J connectivity index is 1.84. The fourth-order valence-electron chi connectivity index (χ4n) is 3.39. The average Bonchev–Trinajstić information content (AvgIpc) is 2.80. The average molecular weight is 456 g/mol. The molecule has 0 aliphatic heterocycles. The standard InChI is InChI=1S/C26H25N5OS/c1-16(2)18-8-10-19(11-9-18)24-20(14-27)25(29)31-26(21(24)15-28)33-13-12-23(32)30-22-7-5-4-6-17(22)3/h4-11,16H,12-13H2,1-3H3,(H2,29,31)(H,30,32). The summed E-state index contributed by atoms with van der Waals surface area (Å²) in [7, 11) is 0. The lowest BCUT2D eigenvalue weighted by molar-refractivity contribution is -0.115. The van der Waals surface area contributed by atoms with E-state index in [1.54, 1.807) is 0 Å². The normalized spacial score (nSPS) is 10.5. The maximum atomic E-state index is 12.4. The molecule has 2 aromatic carbocycles. The van der Waals surface area contributed by atoms with E-state index in [-0.39, 0.29) is 23.7 Å². The molecule has 0 radical (unpaired) electrons. The van der Waals surface area contributed by atoms with Gasteiger partial charge in [0.05, 0.1) is 5.56 Å². The van der Waals surface area contributed by atoms with Crippen molar-refractivity contribution in [2.75, 3.05) is 16.8 Å². The zero-order chi connectivity index (χ0) is 24.0. The van der Waals surface area contributed by atoms with Gasteiger partial charge in [-0.2, -0.15) is 10.5 Å². The first kappa shape index (κ1) is 23.8. The van der Waals surface area contributed by atoms with Crippen LogP contribution in [0.15, 0.2) is 53.6 Å². The summed E-state index contributed by atoms with van der Waals surface area (Å²) in [5, 5.41) is 22.9. The maximum Gasteiger partial charge on any atom is 0.225 e. The van der Waals surface area contributed by atoms with E-state index in [1.807, 2.05) is 55.5 Å². The number of thioether (sulfide) groups is 1. The molecule has 0 spiro atoms. The molecule has 33 heavy (non-hydrogen) atoms. The fraction of sp³-hybridized carbons (Fsp3) is 0.231. The lowest BCUT2D eigenvalue weighted by Gasteiger charge is -2.14. The Kier molecular flexibility index (Phi) is 7.71. The fourth-order valence-corrected chi connectivity index (χ4v) is 4.33. The van der Waals surface area contributed by atoms with Gasteiger partial charge in [0, 0.05) is 23.4 Å². The van der Waals surface area contributed by atoms with E-state index < -0.39 is 0 Å². The SMILES string of the molecule is Cc1ccccc1NC(=O)CCSc1nc(N)c(C#N)c(-c2ccc(C(C)C)cc2)c1C#N. The summed E-state index contributed by atoms with van der Waals surface area (Å²) in [5.74, 6) is 0.730. The first-order chi connectivity index (χ1) is 15.8. The molecule has 0 aliphatic rings. The molecule has 0 unspecified atom stereocenters. The van der Waals surface area contributed by atoms with E-state index in [0.29, 0.717) is 27.8 Å². The summed E-state index contributed by atoms with van der Waals surface area (Å²) in [4.78, 5) is 16.7. The van der Waals surface area contributed by atoms with Gasteiger partial charge >= 0.3 is 0 Å². The molecule has 3 N–H and O–H groups in total. The number of hydrogen-bond donors (Lipinski definition) is 2. The third-order valence-corrected chi connectivity index (χ3v) is 6.25. The smallest absolute Gasteiger partial charge is 0.225 e. The number of amides is 1. The van der Waals surface area contributed by atoms with Crippen molar-refractivity contribution in [2.45, 2.75) is 38.1 Å². The van der Waals surface area contributed by atoms with Crippen LogP contribution in [-0.4, -0.2) is 16.6 Å². The summed E-state index contributed by atoms with van der Waals surface area (Å²) in [6, 6.07) is 19.6. The highest BCUT2D eigenvalue weighted by atomic mass is 32.2. The van der Waals surface area contributed by atoms with Gasteiger partial charge in [0.15, 0.2) is 0 Å². The van der Waals surface area contributed by atoms with Crippen LogP contribution in [0.2, 0.25) is 0 Å².